The van der Waals surface area contributed by atoms with Crippen LogP contribution in [0, 0.1) is 0 Å². The van der Waals surface area contributed by atoms with Gasteiger partial charge in [0.15, 0.2) is 0 Å². The highest BCUT2D eigenvalue weighted by atomic mass is 35.5. The number of benzene rings is 1. The van der Waals surface area contributed by atoms with Crippen LogP contribution in [-0.4, -0.2) is 16.7 Å². The number of rotatable bonds is 1. The zero-order chi connectivity index (χ0) is 10.8. The van der Waals surface area contributed by atoms with Crippen molar-refractivity contribution in [1.82, 2.24) is 5.43 Å². The van der Waals surface area contributed by atoms with Gasteiger partial charge < -0.3 is 5.11 Å². The molecule has 1 aliphatic heterocycles. The Morgan fingerprint density at radius 1 is 1.40 bits per heavy atom. The topological polar surface area (TPSA) is 61.7 Å². The van der Waals surface area contributed by atoms with Crippen LogP contribution in [0.2, 0.25) is 5.02 Å². The maximum Gasteiger partial charge on any atom is 0.240 e. The van der Waals surface area contributed by atoms with Gasteiger partial charge in [-0.05, 0) is 18.2 Å². The number of nitrogens with one attached hydrogen (secondary N) is 1. The molecule has 15 heavy (non-hydrogen) atoms. The molecule has 4 nitrogen and oxygen atoms in total. The highest BCUT2D eigenvalue weighted by Crippen LogP contribution is 2.24. The molecule has 1 aliphatic rings. The first-order valence-electron chi connectivity index (χ1n) is 4.51. The van der Waals surface area contributed by atoms with Crippen molar-refractivity contribution in [3.8, 4) is 5.75 Å². The molecule has 2 N–H and O–H groups in total. The second kappa shape index (κ2) is 3.90. The van der Waals surface area contributed by atoms with E-state index in [2.05, 4.69) is 10.5 Å². The number of hydrogen-bond acceptors (Lipinski definition) is 3. The third-order valence-electron chi connectivity index (χ3n) is 2.18. The molecule has 1 amide bonds. The van der Waals surface area contributed by atoms with Gasteiger partial charge in [-0.2, -0.15) is 5.10 Å². The van der Waals surface area contributed by atoms with Crippen LogP contribution < -0.4 is 5.43 Å². The average molecular weight is 225 g/mol. The van der Waals surface area contributed by atoms with Crippen molar-refractivity contribution in [3.05, 3.63) is 28.8 Å². The number of aromatic hydroxyl groups is 1. The fraction of sp³-hybridized carbons (Fsp3) is 0.200. The smallest absolute Gasteiger partial charge is 0.240 e. The lowest BCUT2D eigenvalue weighted by Crippen LogP contribution is -2.25. The molecule has 5 heteroatoms. The van der Waals surface area contributed by atoms with E-state index in [0.717, 1.165) is 0 Å². The maximum absolute atomic E-state index is 10.9. The van der Waals surface area contributed by atoms with Crippen molar-refractivity contribution < 1.29 is 9.90 Å². The van der Waals surface area contributed by atoms with Crippen LogP contribution in [0.1, 0.15) is 18.4 Å². The summed E-state index contributed by atoms with van der Waals surface area (Å²) in [7, 11) is 0. The Labute approximate surface area is 91.6 Å². The average Bonchev–Trinajstić information content (AvgIpc) is 2.20. The Bertz CT molecular complexity index is 443. The molecule has 0 saturated carbocycles. The van der Waals surface area contributed by atoms with Gasteiger partial charge in [0, 0.05) is 23.4 Å². The summed E-state index contributed by atoms with van der Waals surface area (Å²) in [6.07, 6.45) is 0.919. The van der Waals surface area contributed by atoms with E-state index in [-0.39, 0.29) is 11.7 Å². The Morgan fingerprint density at radius 3 is 2.80 bits per heavy atom. The van der Waals surface area contributed by atoms with Gasteiger partial charge in [0.05, 0.1) is 5.71 Å². The summed E-state index contributed by atoms with van der Waals surface area (Å²) in [6.45, 7) is 0. The SMILES string of the molecule is O=C1CCC(c2ccc(Cl)cc2O)=NN1. The molecule has 0 aliphatic carbocycles. The summed E-state index contributed by atoms with van der Waals surface area (Å²) >= 11 is 5.71. The third kappa shape index (κ3) is 2.10. The van der Waals surface area contributed by atoms with Crippen molar-refractivity contribution in [1.29, 1.82) is 0 Å². The van der Waals surface area contributed by atoms with E-state index in [9.17, 15) is 9.90 Å². The lowest BCUT2D eigenvalue weighted by molar-refractivity contribution is -0.121. The first-order valence-corrected chi connectivity index (χ1v) is 4.89. The third-order valence-corrected chi connectivity index (χ3v) is 2.41. The van der Waals surface area contributed by atoms with Crippen LogP contribution in [0.3, 0.4) is 0 Å². The summed E-state index contributed by atoms with van der Waals surface area (Å²) in [6, 6.07) is 4.82. The van der Waals surface area contributed by atoms with Gasteiger partial charge in [0.25, 0.3) is 0 Å². The van der Waals surface area contributed by atoms with Gasteiger partial charge in [0.2, 0.25) is 5.91 Å². The number of carbonyl (C=O) groups is 1. The normalized spacial score (nSPS) is 15.8. The molecular weight excluding hydrogens is 216 g/mol. The molecule has 0 fully saturated rings. The second-order valence-corrected chi connectivity index (χ2v) is 3.69. The molecule has 0 unspecified atom stereocenters. The van der Waals surface area contributed by atoms with Gasteiger partial charge in [-0.15, -0.1) is 0 Å². The Balaban J connectivity index is 2.34. The summed E-state index contributed by atoms with van der Waals surface area (Å²) in [5.74, 6) is -0.0235. The van der Waals surface area contributed by atoms with Crippen LogP contribution in [0.25, 0.3) is 0 Å². The Morgan fingerprint density at radius 2 is 2.20 bits per heavy atom. The predicted molar refractivity (Wildman–Crippen MR) is 57.0 cm³/mol. The fourth-order valence-corrected chi connectivity index (χ4v) is 1.58. The van der Waals surface area contributed by atoms with Gasteiger partial charge in [0.1, 0.15) is 5.75 Å². The van der Waals surface area contributed by atoms with Crippen molar-refractivity contribution in [2.75, 3.05) is 0 Å². The number of hydrogen-bond donors (Lipinski definition) is 2. The van der Waals surface area contributed by atoms with Gasteiger partial charge in [-0.3, -0.25) is 4.79 Å². The minimum atomic E-state index is -0.104. The molecule has 0 spiro atoms. The van der Waals surface area contributed by atoms with E-state index >= 15 is 0 Å². The molecule has 0 radical (unpaired) electrons. The number of nitrogens with zero attached hydrogens (tertiary/aromatic N) is 1. The Hall–Kier alpha value is -1.55. The van der Waals surface area contributed by atoms with E-state index in [1.165, 1.54) is 6.07 Å². The van der Waals surface area contributed by atoms with E-state index in [1.54, 1.807) is 12.1 Å². The zero-order valence-corrected chi connectivity index (χ0v) is 8.58. The molecule has 0 atom stereocenters. The fourth-order valence-electron chi connectivity index (χ4n) is 1.42. The number of phenols is 1. The minimum Gasteiger partial charge on any atom is -0.507 e. The van der Waals surface area contributed by atoms with Crippen molar-refractivity contribution >= 4 is 23.2 Å². The van der Waals surface area contributed by atoms with Crippen LogP contribution in [0.4, 0.5) is 0 Å². The first kappa shape index (κ1) is 9.98. The largest absolute Gasteiger partial charge is 0.507 e. The van der Waals surface area contributed by atoms with E-state index in [4.69, 9.17) is 11.6 Å². The molecule has 0 saturated heterocycles. The molecule has 1 aromatic rings. The standard InChI is InChI=1S/C10H9ClN2O2/c11-6-1-2-7(9(14)5-6)8-3-4-10(15)13-12-8/h1-2,5,14H,3-4H2,(H,13,15). The van der Waals surface area contributed by atoms with Crippen molar-refractivity contribution in [2.45, 2.75) is 12.8 Å². The quantitative estimate of drug-likeness (QED) is 0.762. The van der Waals surface area contributed by atoms with Gasteiger partial charge in [-0.1, -0.05) is 11.6 Å². The monoisotopic (exact) mass is 224 g/mol. The van der Waals surface area contributed by atoms with Crippen LogP contribution in [0.5, 0.6) is 5.75 Å². The summed E-state index contributed by atoms with van der Waals surface area (Å²) in [5.41, 5.74) is 3.66. The van der Waals surface area contributed by atoms with Crippen molar-refractivity contribution in [3.63, 3.8) is 0 Å². The first-order chi connectivity index (χ1) is 7.16. The van der Waals surface area contributed by atoms with E-state index < -0.39 is 0 Å². The van der Waals surface area contributed by atoms with Gasteiger partial charge in [-0.25, -0.2) is 5.43 Å². The predicted octanol–water partition coefficient (Wildman–Crippen LogP) is 1.66. The van der Waals surface area contributed by atoms with E-state index in [1.807, 2.05) is 0 Å². The molecule has 0 aromatic heterocycles. The second-order valence-electron chi connectivity index (χ2n) is 3.25. The maximum atomic E-state index is 10.9. The zero-order valence-electron chi connectivity index (χ0n) is 7.83. The summed E-state index contributed by atoms with van der Waals surface area (Å²) in [5, 5.41) is 14.0. The number of hydrazone groups is 1. The summed E-state index contributed by atoms with van der Waals surface area (Å²) in [4.78, 5) is 10.9. The molecule has 78 valence electrons. The number of halogens is 1. The van der Waals surface area contributed by atoms with Crippen LogP contribution in [-0.2, 0) is 4.79 Å². The highest BCUT2D eigenvalue weighted by Gasteiger charge is 2.15. The Kier molecular flexibility index (Phi) is 2.60. The van der Waals surface area contributed by atoms with Crippen molar-refractivity contribution in [2.24, 2.45) is 5.10 Å². The number of phenolic OH excluding ortho intramolecular Hbond substituents is 1. The minimum absolute atomic E-state index is 0.0809. The molecule has 1 heterocycles. The molecule has 1 aromatic carbocycles. The van der Waals surface area contributed by atoms with E-state index in [0.29, 0.717) is 29.1 Å². The van der Waals surface area contributed by atoms with Gasteiger partial charge >= 0.3 is 0 Å². The molecule has 2 rings (SSSR count). The number of carbonyl (C=O) groups excluding carboxylic acids is 1. The molecular formula is C10H9ClN2O2. The lowest BCUT2D eigenvalue weighted by atomic mass is 10.0. The number of amides is 1. The highest BCUT2D eigenvalue weighted by molar-refractivity contribution is 6.30. The summed E-state index contributed by atoms with van der Waals surface area (Å²) < 4.78 is 0. The van der Waals surface area contributed by atoms with Crippen LogP contribution in [0.15, 0.2) is 23.3 Å². The lowest BCUT2D eigenvalue weighted by Gasteiger charge is -2.13. The van der Waals surface area contributed by atoms with Crippen LogP contribution >= 0.6 is 11.6 Å². The molecule has 0 bridgehead atoms.